The van der Waals surface area contributed by atoms with E-state index in [1.165, 1.54) is 11.1 Å². The Hall–Kier alpha value is -2.93. The van der Waals surface area contributed by atoms with Crippen LogP contribution in [0.25, 0.3) is 11.5 Å². The summed E-state index contributed by atoms with van der Waals surface area (Å²) in [6.45, 7) is 6.14. The van der Waals surface area contributed by atoms with Gasteiger partial charge in [-0.3, -0.25) is 5.32 Å². The number of rotatable bonds is 7. The third-order valence-corrected chi connectivity index (χ3v) is 3.65. The van der Waals surface area contributed by atoms with Gasteiger partial charge in [-0.25, -0.2) is 10.2 Å². The van der Waals surface area contributed by atoms with Gasteiger partial charge in [-0.05, 0) is 51.5 Å². The highest BCUT2D eigenvalue weighted by molar-refractivity contribution is 6.30. The van der Waals surface area contributed by atoms with Crippen molar-refractivity contribution in [1.82, 2.24) is 15.6 Å². The van der Waals surface area contributed by atoms with Crippen LogP contribution in [0.15, 0.2) is 57.1 Å². The second-order valence-corrected chi connectivity index (χ2v) is 6.51. The van der Waals surface area contributed by atoms with Crippen molar-refractivity contribution in [3.63, 3.8) is 0 Å². The number of hydrazone groups is 1. The first-order valence-corrected chi connectivity index (χ1v) is 8.79. The molecule has 7 nitrogen and oxygen atoms in total. The van der Waals surface area contributed by atoms with Gasteiger partial charge in [0.15, 0.2) is 0 Å². The summed E-state index contributed by atoms with van der Waals surface area (Å²) in [5.41, 5.74) is 5.51. The fraction of sp³-hybridized carbons (Fsp3) is 0.263. The van der Waals surface area contributed by atoms with Crippen LogP contribution in [0, 0.1) is 0 Å². The highest BCUT2D eigenvalue weighted by atomic mass is 35.5. The van der Waals surface area contributed by atoms with Gasteiger partial charge in [-0.1, -0.05) is 40.0 Å². The van der Waals surface area contributed by atoms with Crippen molar-refractivity contribution in [1.29, 1.82) is 0 Å². The van der Waals surface area contributed by atoms with Gasteiger partial charge in [0, 0.05) is 23.2 Å². The van der Waals surface area contributed by atoms with E-state index in [9.17, 15) is 4.79 Å². The Balaban J connectivity index is 1.79. The lowest BCUT2D eigenvalue weighted by Gasteiger charge is -1.99. The molecule has 0 unspecified atom stereocenters. The summed E-state index contributed by atoms with van der Waals surface area (Å²) in [6, 6.07) is 6.33. The number of carbonyl (C=O) groups is 1. The van der Waals surface area contributed by atoms with Gasteiger partial charge in [0.1, 0.15) is 0 Å². The van der Waals surface area contributed by atoms with Crippen LogP contribution < -0.4 is 10.7 Å². The Labute approximate surface area is 163 Å². The largest absolute Gasteiger partial charge is 0.403 e. The number of amides is 2. The van der Waals surface area contributed by atoms with Crippen LogP contribution in [0.2, 0.25) is 5.02 Å². The third kappa shape index (κ3) is 7.45. The molecule has 1 heterocycles. The summed E-state index contributed by atoms with van der Waals surface area (Å²) in [5, 5.41) is 14.6. The number of anilines is 1. The van der Waals surface area contributed by atoms with Crippen molar-refractivity contribution < 1.29 is 9.21 Å². The number of hydrogen-bond donors (Lipinski definition) is 2. The Morgan fingerprint density at radius 3 is 2.63 bits per heavy atom. The molecule has 0 aliphatic rings. The minimum absolute atomic E-state index is 0.0227. The topological polar surface area (TPSA) is 92.4 Å². The Kier molecular flexibility index (Phi) is 7.76. The lowest BCUT2D eigenvalue weighted by Crippen LogP contribution is -2.24. The number of benzene rings is 1. The van der Waals surface area contributed by atoms with E-state index in [0.717, 1.165) is 6.42 Å². The number of carbonyl (C=O) groups excluding carboxylic acids is 1. The molecule has 1 aromatic carbocycles. The van der Waals surface area contributed by atoms with E-state index in [-0.39, 0.29) is 11.9 Å². The zero-order valence-corrected chi connectivity index (χ0v) is 16.2. The van der Waals surface area contributed by atoms with Gasteiger partial charge in [0.2, 0.25) is 5.89 Å². The Morgan fingerprint density at radius 2 is 1.93 bits per heavy atom. The zero-order valence-electron chi connectivity index (χ0n) is 15.5. The number of nitrogens with zero attached hydrogens (tertiary/aromatic N) is 3. The molecule has 0 saturated carbocycles. The van der Waals surface area contributed by atoms with Gasteiger partial charge in [0.25, 0.3) is 0 Å². The molecule has 0 fully saturated rings. The lowest BCUT2D eigenvalue weighted by molar-refractivity contribution is 0.252. The highest BCUT2D eigenvalue weighted by Crippen LogP contribution is 2.21. The number of urea groups is 1. The van der Waals surface area contributed by atoms with Crippen molar-refractivity contribution >= 4 is 29.9 Å². The number of hydrogen-bond acceptors (Lipinski definition) is 5. The molecule has 2 aromatic rings. The summed E-state index contributed by atoms with van der Waals surface area (Å²) >= 11 is 5.84. The predicted octanol–water partition coefficient (Wildman–Crippen LogP) is 5.19. The summed E-state index contributed by atoms with van der Waals surface area (Å²) in [7, 11) is 0. The average molecular weight is 388 g/mol. The molecular formula is C19H22ClN5O2. The maximum atomic E-state index is 11.8. The van der Waals surface area contributed by atoms with E-state index in [1.807, 2.05) is 6.92 Å². The molecule has 0 radical (unpaired) electrons. The SMILES string of the molecule is CC(C)=CC/C=C(/C)C/C=N/NC(=O)Nc1nnc(-c2ccc(Cl)cc2)o1. The molecule has 8 heteroatoms. The average Bonchev–Trinajstić information content (AvgIpc) is 3.07. The van der Waals surface area contributed by atoms with E-state index < -0.39 is 6.03 Å². The molecular weight excluding hydrogens is 366 g/mol. The molecule has 2 N–H and O–H groups in total. The fourth-order valence-corrected chi connectivity index (χ4v) is 2.11. The maximum absolute atomic E-state index is 11.8. The van der Waals surface area contributed by atoms with E-state index in [2.05, 4.69) is 52.0 Å². The second-order valence-electron chi connectivity index (χ2n) is 6.07. The highest BCUT2D eigenvalue weighted by Gasteiger charge is 2.10. The predicted molar refractivity (Wildman–Crippen MR) is 108 cm³/mol. The van der Waals surface area contributed by atoms with Crippen molar-refractivity contribution in [3.05, 3.63) is 52.6 Å². The van der Waals surface area contributed by atoms with Gasteiger partial charge in [-0.15, -0.1) is 5.10 Å². The van der Waals surface area contributed by atoms with E-state index in [0.29, 0.717) is 17.0 Å². The molecule has 0 aliphatic carbocycles. The Morgan fingerprint density at radius 1 is 1.19 bits per heavy atom. The van der Waals surface area contributed by atoms with Crippen molar-refractivity contribution in [2.75, 3.05) is 5.32 Å². The molecule has 0 spiro atoms. The molecule has 0 aliphatic heterocycles. The van der Waals surface area contributed by atoms with Crippen molar-refractivity contribution in [2.45, 2.75) is 33.6 Å². The van der Waals surface area contributed by atoms with Crippen LogP contribution in [-0.2, 0) is 0 Å². The molecule has 27 heavy (non-hydrogen) atoms. The van der Waals surface area contributed by atoms with Crippen LogP contribution >= 0.6 is 11.6 Å². The van der Waals surface area contributed by atoms with Crippen LogP contribution in [0.1, 0.15) is 33.6 Å². The third-order valence-electron chi connectivity index (χ3n) is 3.40. The van der Waals surface area contributed by atoms with Gasteiger partial charge < -0.3 is 4.42 Å². The van der Waals surface area contributed by atoms with Crippen molar-refractivity contribution in [3.8, 4) is 11.5 Å². The standard InChI is InChI=1S/C19H22ClN5O2/c1-13(2)5-4-6-14(3)11-12-21-24-18(26)22-19-25-23-17(27-19)15-7-9-16(20)10-8-15/h5-10,12H,4,11H2,1-3H3,(H2,22,24,25,26)/b14-6-,21-12+. The molecule has 0 saturated heterocycles. The van der Waals surface area contributed by atoms with E-state index in [1.54, 1.807) is 30.5 Å². The fourth-order valence-electron chi connectivity index (χ4n) is 1.98. The minimum atomic E-state index is -0.566. The van der Waals surface area contributed by atoms with Crippen LogP contribution in [0.3, 0.4) is 0 Å². The molecule has 142 valence electrons. The number of nitrogens with one attached hydrogen (secondary N) is 2. The van der Waals surface area contributed by atoms with Gasteiger partial charge >= 0.3 is 12.0 Å². The van der Waals surface area contributed by atoms with Crippen LogP contribution in [-0.4, -0.2) is 22.4 Å². The number of halogens is 1. The lowest BCUT2D eigenvalue weighted by atomic mass is 10.1. The second kappa shape index (κ2) is 10.3. The number of allylic oxidation sites excluding steroid dienone is 4. The molecule has 0 atom stereocenters. The molecule has 2 amide bonds. The summed E-state index contributed by atoms with van der Waals surface area (Å²) < 4.78 is 5.38. The Bertz CT molecular complexity index is 849. The quantitative estimate of drug-likeness (QED) is 0.388. The van der Waals surface area contributed by atoms with Gasteiger partial charge in [-0.2, -0.15) is 5.10 Å². The van der Waals surface area contributed by atoms with Gasteiger partial charge in [0.05, 0.1) is 0 Å². The normalized spacial score (nSPS) is 11.5. The first kappa shape index (κ1) is 20.4. The molecule has 2 rings (SSSR count). The molecule has 1 aromatic heterocycles. The first-order chi connectivity index (χ1) is 12.9. The van der Waals surface area contributed by atoms with Crippen molar-refractivity contribution in [2.24, 2.45) is 5.10 Å². The maximum Gasteiger partial charge on any atom is 0.343 e. The first-order valence-electron chi connectivity index (χ1n) is 8.41. The van der Waals surface area contributed by atoms with E-state index >= 15 is 0 Å². The van der Waals surface area contributed by atoms with E-state index in [4.69, 9.17) is 16.0 Å². The number of aromatic nitrogens is 2. The summed E-state index contributed by atoms with van der Waals surface area (Å²) in [4.78, 5) is 11.8. The van der Waals surface area contributed by atoms with Crippen LogP contribution in [0.4, 0.5) is 10.8 Å². The zero-order chi connectivity index (χ0) is 19.6. The molecule has 0 bridgehead atoms. The van der Waals surface area contributed by atoms with Crippen LogP contribution in [0.5, 0.6) is 0 Å². The smallest absolute Gasteiger partial charge is 0.343 e. The monoisotopic (exact) mass is 387 g/mol. The summed E-state index contributed by atoms with van der Waals surface area (Å²) in [6.07, 6.45) is 7.44. The summed E-state index contributed by atoms with van der Waals surface area (Å²) in [5.74, 6) is 0.280. The minimum Gasteiger partial charge on any atom is -0.403 e.